The molecule has 2 aromatic carbocycles. The van der Waals surface area contributed by atoms with Crippen LogP contribution in [0.25, 0.3) is 0 Å². The van der Waals surface area contributed by atoms with Crippen LogP contribution in [0, 0.1) is 19.3 Å². The molecular formula is C30H38ClN3O5. The first-order valence-electron chi connectivity index (χ1n) is 12.7. The molecule has 0 aliphatic rings. The molecule has 0 saturated carbocycles. The number of halogens is 1. The van der Waals surface area contributed by atoms with Gasteiger partial charge in [-0.05, 0) is 71.2 Å². The topological polar surface area (TPSA) is 108 Å². The van der Waals surface area contributed by atoms with Crippen molar-refractivity contribution in [2.75, 3.05) is 11.9 Å². The number of hydrogen-bond donors (Lipinski definition) is 3. The fraction of sp³-hybridized carbons (Fsp3) is 0.433. The molecule has 2 aromatic rings. The van der Waals surface area contributed by atoms with Crippen LogP contribution in [0.2, 0.25) is 5.02 Å². The summed E-state index contributed by atoms with van der Waals surface area (Å²) in [7, 11) is 0. The van der Waals surface area contributed by atoms with E-state index < -0.39 is 47.7 Å². The number of nitrogens with one attached hydrogen (secondary N) is 2. The molecule has 3 amide bonds. The highest BCUT2D eigenvalue weighted by Gasteiger charge is 2.43. The van der Waals surface area contributed by atoms with E-state index in [2.05, 4.69) is 16.6 Å². The summed E-state index contributed by atoms with van der Waals surface area (Å²) in [4.78, 5) is 42.1. The Balaban J connectivity index is 2.69. The molecular weight excluding hydrogens is 518 g/mol. The zero-order valence-corrected chi connectivity index (χ0v) is 24.3. The minimum Gasteiger partial charge on any atom is -0.444 e. The normalized spacial score (nSPS) is 13.0. The number of anilines is 1. The molecule has 0 aliphatic heterocycles. The average Bonchev–Trinajstić information content (AvgIpc) is 2.86. The summed E-state index contributed by atoms with van der Waals surface area (Å²) >= 11 is 6.40. The summed E-state index contributed by atoms with van der Waals surface area (Å²) in [5.41, 5.74) is 0.215. The molecule has 0 bridgehead atoms. The highest BCUT2D eigenvalue weighted by atomic mass is 35.5. The molecule has 0 saturated heterocycles. The van der Waals surface area contributed by atoms with Crippen molar-refractivity contribution in [3.05, 3.63) is 64.2 Å². The number of nitrogens with zero attached hydrogens (tertiary/aromatic N) is 1. The number of para-hydroxylation sites is 1. The van der Waals surface area contributed by atoms with Crippen LogP contribution in [0.1, 0.15) is 70.7 Å². The van der Waals surface area contributed by atoms with Crippen LogP contribution < -0.4 is 10.6 Å². The van der Waals surface area contributed by atoms with Crippen molar-refractivity contribution >= 4 is 35.2 Å². The van der Waals surface area contributed by atoms with Crippen LogP contribution in [0.3, 0.4) is 0 Å². The van der Waals surface area contributed by atoms with E-state index in [-0.39, 0.29) is 0 Å². The number of benzene rings is 2. The van der Waals surface area contributed by atoms with Crippen molar-refractivity contribution in [2.45, 2.75) is 78.1 Å². The number of aliphatic hydroxyl groups is 1. The Morgan fingerprint density at radius 2 is 1.74 bits per heavy atom. The van der Waals surface area contributed by atoms with Gasteiger partial charge in [0.05, 0.1) is 17.3 Å². The lowest BCUT2D eigenvalue weighted by molar-refractivity contribution is -0.148. The predicted octanol–water partition coefficient (Wildman–Crippen LogP) is 5.21. The monoisotopic (exact) mass is 555 g/mol. The first-order chi connectivity index (χ1) is 18.2. The lowest BCUT2D eigenvalue weighted by Crippen LogP contribution is -2.59. The minimum atomic E-state index is -1.39. The number of aryl methyl sites for hydroxylation is 1. The zero-order valence-electron chi connectivity index (χ0n) is 23.6. The molecule has 39 heavy (non-hydrogen) atoms. The maximum absolute atomic E-state index is 14.1. The van der Waals surface area contributed by atoms with Gasteiger partial charge in [-0.25, -0.2) is 4.79 Å². The molecule has 3 N–H and O–H groups in total. The van der Waals surface area contributed by atoms with Gasteiger partial charge in [-0.15, -0.1) is 6.42 Å². The number of amides is 3. The Morgan fingerprint density at radius 1 is 1.10 bits per heavy atom. The van der Waals surface area contributed by atoms with Gasteiger partial charge in [0, 0.05) is 11.1 Å². The van der Waals surface area contributed by atoms with E-state index in [1.54, 1.807) is 84.0 Å². The van der Waals surface area contributed by atoms with E-state index in [1.165, 1.54) is 4.90 Å². The molecule has 0 fully saturated rings. The molecule has 0 aliphatic carbocycles. The van der Waals surface area contributed by atoms with E-state index in [9.17, 15) is 19.5 Å². The SMILES string of the molecule is C#Cc1ccccc1C(C(=O)Nc1c(C)cccc1Cl)N(C(=O)C(CO)NC(=O)OC(C)(C)C)C(C)(C)CC. The Kier molecular flexibility index (Phi) is 10.6. The van der Waals surface area contributed by atoms with Crippen molar-refractivity contribution in [3.63, 3.8) is 0 Å². The Hall–Kier alpha value is -3.54. The molecule has 0 heterocycles. The molecule has 9 heteroatoms. The molecule has 210 valence electrons. The van der Waals surface area contributed by atoms with Crippen LogP contribution in [0.15, 0.2) is 42.5 Å². The van der Waals surface area contributed by atoms with E-state index in [0.717, 1.165) is 5.56 Å². The smallest absolute Gasteiger partial charge is 0.408 e. The van der Waals surface area contributed by atoms with Gasteiger partial charge in [-0.3, -0.25) is 9.59 Å². The fourth-order valence-electron chi connectivity index (χ4n) is 3.99. The summed E-state index contributed by atoms with van der Waals surface area (Å²) < 4.78 is 5.29. The van der Waals surface area contributed by atoms with Gasteiger partial charge in [0.2, 0.25) is 5.91 Å². The van der Waals surface area contributed by atoms with Crippen molar-refractivity contribution < 1.29 is 24.2 Å². The second-order valence-electron chi connectivity index (χ2n) is 10.8. The molecule has 8 nitrogen and oxygen atoms in total. The largest absolute Gasteiger partial charge is 0.444 e. The van der Waals surface area contributed by atoms with E-state index in [0.29, 0.717) is 28.3 Å². The van der Waals surface area contributed by atoms with E-state index in [4.69, 9.17) is 22.8 Å². The summed E-state index contributed by atoms with van der Waals surface area (Å²) in [5.74, 6) is 1.36. The van der Waals surface area contributed by atoms with Crippen LogP contribution in [0.4, 0.5) is 10.5 Å². The number of rotatable bonds is 9. The molecule has 2 atom stereocenters. The van der Waals surface area contributed by atoms with Crippen LogP contribution >= 0.6 is 11.6 Å². The van der Waals surface area contributed by atoms with Gasteiger partial charge in [0.25, 0.3) is 5.91 Å². The van der Waals surface area contributed by atoms with Crippen molar-refractivity contribution in [2.24, 2.45) is 0 Å². The first kappa shape index (κ1) is 31.7. The Labute approximate surface area is 236 Å². The highest BCUT2D eigenvalue weighted by Crippen LogP contribution is 2.35. The predicted molar refractivity (Wildman–Crippen MR) is 153 cm³/mol. The number of ether oxygens (including phenoxy) is 1. The third-order valence-electron chi connectivity index (χ3n) is 6.31. The van der Waals surface area contributed by atoms with Gasteiger partial charge in [0.15, 0.2) is 0 Å². The highest BCUT2D eigenvalue weighted by molar-refractivity contribution is 6.34. The fourth-order valence-corrected chi connectivity index (χ4v) is 4.26. The standard InChI is InChI=1S/C30H38ClN3O5/c1-9-20-15-11-12-16-21(20)25(26(36)33-24-19(3)14-13-17-22(24)31)34(30(7,8)10-2)27(37)23(18-35)32-28(38)39-29(4,5)6/h1,11-17,23,25,35H,10,18H2,2-8H3,(H,32,38)(H,33,36). The average molecular weight is 556 g/mol. The van der Waals surface area contributed by atoms with Crippen molar-refractivity contribution in [1.29, 1.82) is 0 Å². The molecule has 0 aromatic heterocycles. The van der Waals surface area contributed by atoms with Crippen LogP contribution in [-0.4, -0.2) is 51.7 Å². The van der Waals surface area contributed by atoms with Gasteiger partial charge in [-0.2, -0.15) is 0 Å². The Bertz CT molecular complexity index is 1230. The van der Waals surface area contributed by atoms with Crippen molar-refractivity contribution in [1.82, 2.24) is 10.2 Å². The molecule has 0 spiro atoms. The second-order valence-corrected chi connectivity index (χ2v) is 11.2. The maximum atomic E-state index is 14.1. The summed E-state index contributed by atoms with van der Waals surface area (Å²) in [5, 5.41) is 15.8. The first-order valence-corrected chi connectivity index (χ1v) is 13.1. The van der Waals surface area contributed by atoms with Crippen molar-refractivity contribution in [3.8, 4) is 12.3 Å². The Morgan fingerprint density at radius 3 is 2.28 bits per heavy atom. The molecule has 0 radical (unpaired) electrons. The van der Waals surface area contributed by atoms with E-state index in [1.807, 2.05) is 6.92 Å². The maximum Gasteiger partial charge on any atom is 0.408 e. The van der Waals surface area contributed by atoms with Gasteiger partial charge >= 0.3 is 6.09 Å². The van der Waals surface area contributed by atoms with Crippen LogP contribution in [-0.2, 0) is 14.3 Å². The quantitative estimate of drug-likeness (QED) is 0.368. The lowest BCUT2D eigenvalue weighted by atomic mass is 9.90. The third-order valence-corrected chi connectivity index (χ3v) is 6.63. The number of carbonyl (C=O) groups excluding carboxylic acids is 3. The number of terminal acetylenes is 1. The third kappa shape index (κ3) is 7.98. The summed E-state index contributed by atoms with van der Waals surface area (Å²) in [6, 6.07) is 9.43. The number of alkyl carbamates (subject to hydrolysis) is 1. The van der Waals surface area contributed by atoms with Gasteiger partial charge < -0.3 is 25.4 Å². The molecule has 2 unspecified atom stereocenters. The van der Waals surface area contributed by atoms with E-state index >= 15 is 0 Å². The zero-order chi connectivity index (χ0) is 29.5. The second kappa shape index (κ2) is 13.0. The number of aliphatic hydroxyl groups excluding tert-OH is 1. The van der Waals surface area contributed by atoms with Gasteiger partial charge in [-0.1, -0.05) is 54.8 Å². The summed E-state index contributed by atoms with van der Waals surface area (Å²) in [6.45, 7) is 11.6. The molecule has 2 rings (SSSR count). The van der Waals surface area contributed by atoms with Crippen LogP contribution in [0.5, 0.6) is 0 Å². The number of hydrogen-bond acceptors (Lipinski definition) is 5. The minimum absolute atomic E-state index is 0.333. The summed E-state index contributed by atoms with van der Waals surface area (Å²) in [6.07, 6.45) is 5.36. The lowest BCUT2D eigenvalue weighted by Gasteiger charge is -2.44. The number of carbonyl (C=O) groups is 3. The van der Waals surface area contributed by atoms with Gasteiger partial charge in [0.1, 0.15) is 17.7 Å².